The van der Waals surface area contributed by atoms with Gasteiger partial charge in [-0.05, 0) is 6.42 Å². The van der Waals surface area contributed by atoms with Gasteiger partial charge in [0.25, 0.3) is 0 Å². The number of fused-ring (bicyclic) bond motifs is 1. The third kappa shape index (κ3) is 3.08. The van der Waals surface area contributed by atoms with Crippen LogP contribution in [0.25, 0.3) is 11.0 Å². The first-order chi connectivity index (χ1) is 12.3. The van der Waals surface area contributed by atoms with Crippen LogP contribution in [0.2, 0.25) is 0 Å². The van der Waals surface area contributed by atoms with Gasteiger partial charge in [-0.1, -0.05) is 54.6 Å². The van der Waals surface area contributed by atoms with E-state index < -0.39 is 0 Å². The van der Waals surface area contributed by atoms with Gasteiger partial charge in [0, 0.05) is 17.7 Å². The van der Waals surface area contributed by atoms with Crippen LogP contribution in [0.15, 0.2) is 67.0 Å². The SMILES string of the molecule is O=C(c1ccccc1)c1cnc2[nH]ncc2c1OCC1C=CC=CC1. The number of ketones is 1. The van der Waals surface area contributed by atoms with E-state index in [2.05, 4.69) is 27.3 Å². The van der Waals surface area contributed by atoms with E-state index in [-0.39, 0.29) is 5.78 Å². The number of H-pyrrole nitrogens is 1. The standard InChI is InChI=1S/C20H17N3O2/c24-18(15-9-5-2-6-10-15)16-11-21-20-17(12-22-23-20)19(16)25-13-14-7-3-1-4-8-14/h1-7,9-12,14H,8,13H2,(H,21,22,23). The molecule has 0 saturated carbocycles. The molecule has 0 fully saturated rings. The number of carbonyl (C=O) groups excluding carboxylic acids is 1. The molecule has 25 heavy (non-hydrogen) atoms. The summed E-state index contributed by atoms with van der Waals surface area (Å²) in [4.78, 5) is 17.2. The van der Waals surface area contributed by atoms with E-state index in [0.29, 0.717) is 35.0 Å². The molecule has 0 bridgehead atoms. The van der Waals surface area contributed by atoms with Crippen LogP contribution in [-0.4, -0.2) is 27.6 Å². The molecule has 1 unspecified atom stereocenters. The average Bonchev–Trinajstić information content (AvgIpc) is 3.16. The zero-order chi connectivity index (χ0) is 17.1. The van der Waals surface area contributed by atoms with Gasteiger partial charge in [-0.2, -0.15) is 5.10 Å². The van der Waals surface area contributed by atoms with Crippen LogP contribution in [0, 0.1) is 5.92 Å². The molecule has 0 spiro atoms. The molecule has 5 heteroatoms. The number of allylic oxidation sites excluding steroid dienone is 3. The maximum atomic E-state index is 12.9. The normalized spacial score (nSPS) is 16.2. The predicted octanol–water partition coefficient (Wildman–Crippen LogP) is 3.70. The molecule has 1 aromatic carbocycles. The molecule has 0 saturated heterocycles. The second-order valence-corrected chi connectivity index (χ2v) is 5.95. The zero-order valence-corrected chi connectivity index (χ0v) is 13.6. The third-order valence-electron chi connectivity index (χ3n) is 4.22. The lowest BCUT2D eigenvalue weighted by molar-refractivity contribution is 0.103. The van der Waals surface area contributed by atoms with Gasteiger partial charge in [-0.3, -0.25) is 9.89 Å². The molecule has 0 amide bonds. The number of ether oxygens (including phenoxy) is 1. The van der Waals surface area contributed by atoms with Crippen molar-refractivity contribution >= 4 is 16.8 Å². The van der Waals surface area contributed by atoms with Crippen molar-refractivity contribution < 1.29 is 9.53 Å². The van der Waals surface area contributed by atoms with E-state index in [9.17, 15) is 4.79 Å². The molecular weight excluding hydrogens is 314 g/mol. The Labute approximate surface area is 145 Å². The number of carbonyl (C=O) groups is 1. The minimum Gasteiger partial charge on any atom is -0.491 e. The Hall–Kier alpha value is -3.21. The fourth-order valence-corrected chi connectivity index (χ4v) is 2.88. The van der Waals surface area contributed by atoms with Crippen molar-refractivity contribution in [3.63, 3.8) is 0 Å². The summed E-state index contributed by atoms with van der Waals surface area (Å²) in [5, 5.41) is 7.57. The molecule has 1 aliphatic carbocycles. The Balaban J connectivity index is 1.69. The lowest BCUT2D eigenvalue weighted by Gasteiger charge is -2.16. The Morgan fingerprint density at radius 2 is 2.08 bits per heavy atom. The summed E-state index contributed by atoms with van der Waals surface area (Å²) in [7, 11) is 0. The van der Waals surface area contributed by atoms with Crippen molar-refractivity contribution in [2.24, 2.45) is 5.92 Å². The number of pyridine rings is 1. The molecule has 2 heterocycles. The molecule has 1 N–H and O–H groups in total. The van der Waals surface area contributed by atoms with Crippen LogP contribution >= 0.6 is 0 Å². The van der Waals surface area contributed by atoms with Gasteiger partial charge in [0.05, 0.1) is 23.8 Å². The van der Waals surface area contributed by atoms with E-state index in [0.717, 1.165) is 11.8 Å². The largest absolute Gasteiger partial charge is 0.491 e. The van der Waals surface area contributed by atoms with Gasteiger partial charge < -0.3 is 4.74 Å². The van der Waals surface area contributed by atoms with E-state index in [1.165, 1.54) is 0 Å². The first-order valence-corrected chi connectivity index (χ1v) is 8.21. The Kier molecular flexibility index (Phi) is 4.12. The molecule has 0 aliphatic heterocycles. The number of rotatable bonds is 5. The monoisotopic (exact) mass is 331 g/mol. The quantitative estimate of drug-likeness (QED) is 0.724. The molecular formula is C20H17N3O2. The summed E-state index contributed by atoms with van der Waals surface area (Å²) in [6.07, 6.45) is 12.4. The van der Waals surface area contributed by atoms with Crippen molar-refractivity contribution in [2.75, 3.05) is 6.61 Å². The molecule has 4 rings (SSSR count). The number of aromatic nitrogens is 3. The fraction of sp³-hybridized carbons (Fsp3) is 0.150. The van der Waals surface area contributed by atoms with E-state index >= 15 is 0 Å². The molecule has 124 valence electrons. The van der Waals surface area contributed by atoms with Crippen LogP contribution in [0.1, 0.15) is 22.3 Å². The van der Waals surface area contributed by atoms with Crippen molar-refractivity contribution in [3.05, 3.63) is 78.2 Å². The second-order valence-electron chi connectivity index (χ2n) is 5.95. The number of nitrogens with one attached hydrogen (secondary N) is 1. The number of hydrogen-bond acceptors (Lipinski definition) is 4. The molecule has 0 radical (unpaired) electrons. The number of benzene rings is 1. The zero-order valence-electron chi connectivity index (χ0n) is 13.6. The summed E-state index contributed by atoms with van der Waals surface area (Å²) >= 11 is 0. The van der Waals surface area contributed by atoms with Crippen molar-refractivity contribution in [3.8, 4) is 5.75 Å². The van der Waals surface area contributed by atoms with Crippen molar-refractivity contribution in [1.82, 2.24) is 15.2 Å². The van der Waals surface area contributed by atoms with Gasteiger partial charge in [0.2, 0.25) is 0 Å². The molecule has 5 nitrogen and oxygen atoms in total. The van der Waals surface area contributed by atoms with Crippen LogP contribution < -0.4 is 4.74 Å². The van der Waals surface area contributed by atoms with Crippen molar-refractivity contribution in [2.45, 2.75) is 6.42 Å². The van der Waals surface area contributed by atoms with Crippen LogP contribution in [0.4, 0.5) is 0 Å². The maximum Gasteiger partial charge on any atom is 0.198 e. The maximum absolute atomic E-state index is 12.9. The number of nitrogens with zero attached hydrogens (tertiary/aromatic N) is 2. The Bertz CT molecular complexity index is 957. The van der Waals surface area contributed by atoms with E-state index in [1.54, 1.807) is 24.5 Å². The molecule has 3 aromatic rings. The van der Waals surface area contributed by atoms with Gasteiger partial charge in [0.15, 0.2) is 11.4 Å². The van der Waals surface area contributed by atoms with E-state index in [1.807, 2.05) is 30.4 Å². The summed E-state index contributed by atoms with van der Waals surface area (Å²) in [6, 6.07) is 9.16. The minimum atomic E-state index is -0.106. The summed E-state index contributed by atoms with van der Waals surface area (Å²) < 4.78 is 6.08. The average molecular weight is 331 g/mol. The Morgan fingerprint density at radius 1 is 1.20 bits per heavy atom. The lowest BCUT2D eigenvalue weighted by atomic mass is 10.0. The van der Waals surface area contributed by atoms with Gasteiger partial charge in [-0.25, -0.2) is 4.98 Å². The van der Waals surface area contributed by atoms with Gasteiger partial charge in [0.1, 0.15) is 5.75 Å². The summed E-state index contributed by atoms with van der Waals surface area (Å²) in [5.74, 6) is 0.723. The van der Waals surface area contributed by atoms with Gasteiger partial charge >= 0.3 is 0 Å². The number of aromatic amines is 1. The highest BCUT2D eigenvalue weighted by Crippen LogP contribution is 2.30. The fourth-order valence-electron chi connectivity index (χ4n) is 2.88. The topological polar surface area (TPSA) is 67.9 Å². The molecule has 1 atom stereocenters. The van der Waals surface area contributed by atoms with Crippen LogP contribution in [0.5, 0.6) is 5.75 Å². The summed E-state index contributed by atoms with van der Waals surface area (Å²) in [5.41, 5.74) is 1.67. The minimum absolute atomic E-state index is 0.106. The summed E-state index contributed by atoms with van der Waals surface area (Å²) in [6.45, 7) is 0.500. The second kappa shape index (κ2) is 6.73. The first-order valence-electron chi connectivity index (χ1n) is 8.21. The van der Waals surface area contributed by atoms with Crippen molar-refractivity contribution in [1.29, 1.82) is 0 Å². The highest BCUT2D eigenvalue weighted by atomic mass is 16.5. The number of hydrogen-bond donors (Lipinski definition) is 1. The predicted molar refractivity (Wildman–Crippen MR) is 95.6 cm³/mol. The smallest absolute Gasteiger partial charge is 0.198 e. The lowest BCUT2D eigenvalue weighted by Crippen LogP contribution is -2.13. The first kappa shape index (κ1) is 15.3. The highest BCUT2D eigenvalue weighted by Gasteiger charge is 2.20. The molecule has 1 aliphatic rings. The van der Waals surface area contributed by atoms with Crippen LogP contribution in [0.3, 0.4) is 0 Å². The van der Waals surface area contributed by atoms with E-state index in [4.69, 9.17) is 4.74 Å². The third-order valence-corrected chi connectivity index (χ3v) is 4.22. The molecule has 2 aromatic heterocycles. The Morgan fingerprint density at radius 3 is 2.88 bits per heavy atom. The highest BCUT2D eigenvalue weighted by molar-refractivity contribution is 6.12. The van der Waals surface area contributed by atoms with Crippen LogP contribution in [-0.2, 0) is 0 Å². The van der Waals surface area contributed by atoms with Gasteiger partial charge in [-0.15, -0.1) is 0 Å².